The zero-order valence-corrected chi connectivity index (χ0v) is 13.4. The topological polar surface area (TPSA) is 32.3 Å². The van der Waals surface area contributed by atoms with E-state index in [0.717, 1.165) is 21.2 Å². The first-order chi connectivity index (χ1) is 11.7. The number of rotatable bonds is 1. The summed E-state index contributed by atoms with van der Waals surface area (Å²) in [5.41, 5.74) is 1.74. The average molecular weight is 336 g/mol. The highest BCUT2D eigenvalue weighted by molar-refractivity contribution is 7.99. The quantitative estimate of drug-likeness (QED) is 0.622. The molecule has 2 amide bonds. The fraction of sp³-hybridized carbons (Fsp3) is 0. The third-order valence-electron chi connectivity index (χ3n) is 3.75. The van der Waals surface area contributed by atoms with Gasteiger partial charge in [0.15, 0.2) is 0 Å². The molecule has 24 heavy (non-hydrogen) atoms. The molecule has 0 bridgehead atoms. The van der Waals surface area contributed by atoms with Crippen LogP contribution < -0.4 is 10.2 Å². The Morgan fingerprint density at radius 2 is 1.38 bits per heavy atom. The van der Waals surface area contributed by atoms with Gasteiger partial charge in [-0.2, -0.15) is 0 Å². The van der Waals surface area contributed by atoms with Crippen molar-refractivity contribution in [1.82, 2.24) is 0 Å². The number of benzene rings is 3. The number of para-hydroxylation sites is 3. The zero-order chi connectivity index (χ0) is 16.5. The Kier molecular flexibility index (Phi) is 3.70. The van der Waals surface area contributed by atoms with E-state index in [9.17, 15) is 9.18 Å². The molecule has 0 aromatic heterocycles. The summed E-state index contributed by atoms with van der Waals surface area (Å²) >= 11 is 1.62. The molecule has 0 aliphatic carbocycles. The Morgan fingerprint density at radius 1 is 0.833 bits per heavy atom. The lowest BCUT2D eigenvalue weighted by molar-refractivity contribution is 0.258. The molecule has 5 heteroatoms. The number of carbonyl (C=O) groups is 1. The third kappa shape index (κ3) is 2.53. The van der Waals surface area contributed by atoms with Crippen LogP contribution in [0.3, 0.4) is 0 Å². The lowest BCUT2D eigenvalue weighted by atomic mass is 10.2. The number of hydrogen-bond donors (Lipinski definition) is 1. The summed E-state index contributed by atoms with van der Waals surface area (Å²) in [4.78, 5) is 16.4. The Hall–Kier alpha value is -2.79. The Morgan fingerprint density at radius 3 is 2.00 bits per heavy atom. The number of nitrogens with one attached hydrogen (secondary N) is 1. The normalized spacial score (nSPS) is 12.3. The van der Waals surface area contributed by atoms with Crippen LogP contribution in [-0.2, 0) is 0 Å². The van der Waals surface area contributed by atoms with E-state index in [4.69, 9.17) is 0 Å². The van der Waals surface area contributed by atoms with Gasteiger partial charge in [-0.05, 0) is 36.4 Å². The molecule has 1 aliphatic heterocycles. The van der Waals surface area contributed by atoms with Gasteiger partial charge in [-0.25, -0.2) is 9.18 Å². The first-order valence-electron chi connectivity index (χ1n) is 7.45. The number of anilines is 3. The van der Waals surface area contributed by atoms with Crippen LogP contribution in [0.25, 0.3) is 0 Å². The second-order valence-corrected chi connectivity index (χ2v) is 6.37. The highest BCUT2D eigenvalue weighted by Gasteiger charge is 2.28. The van der Waals surface area contributed by atoms with Crippen molar-refractivity contribution < 1.29 is 9.18 Å². The van der Waals surface area contributed by atoms with Crippen molar-refractivity contribution in [2.75, 3.05) is 10.2 Å². The summed E-state index contributed by atoms with van der Waals surface area (Å²) in [6, 6.07) is 21.1. The molecule has 0 spiro atoms. The molecule has 0 unspecified atom stereocenters. The fourth-order valence-electron chi connectivity index (χ4n) is 2.66. The summed E-state index contributed by atoms with van der Waals surface area (Å²) in [7, 11) is 0. The first kappa shape index (κ1) is 14.8. The summed E-state index contributed by atoms with van der Waals surface area (Å²) < 4.78 is 13.9. The van der Waals surface area contributed by atoms with Crippen LogP contribution >= 0.6 is 11.8 Å². The number of amides is 2. The van der Waals surface area contributed by atoms with Gasteiger partial charge in [0.2, 0.25) is 0 Å². The van der Waals surface area contributed by atoms with Crippen molar-refractivity contribution in [1.29, 1.82) is 0 Å². The van der Waals surface area contributed by atoms with Crippen LogP contribution in [0.1, 0.15) is 0 Å². The predicted octanol–water partition coefficient (Wildman–Crippen LogP) is 5.66. The molecule has 4 rings (SSSR count). The zero-order valence-electron chi connectivity index (χ0n) is 12.6. The van der Waals surface area contributed by atoms with Crippen LogP contribution in [0, 0.1) is 5.82 Å². The molecule has 1 heterocycles. The van der Waals surface area contributed by atoms with Crippen LogP contribution in [-0.4, -0.2) is 6.03 Å². The largest absolute Gasteiger partial charge is 0.331 e. The van der Waals surface area contributed by atoms with E-state index in [2.05, 4.69) is 5.32 Å². The van der Waals surface area contributed by atoms with Gasteiger partial charge >= 0.3 is 6.03 Å². The van der Waals surface area contributed by atoms with Crippen LogP contribution in [0.2, 0.25) is 0 Å². The van der Waals surface area contributed by atoms with Gasteiger partial charge in [0.25, 0.3) is 0 Å². The van der Waals surface area contributed by atoms with E-state index in [1.807, 2.05) is 48.5 Å². The van der Waals surface area contributed by atoms with E-state index < -0.39 is 5.82 Å². The summed E-state index contributed by atoms with van der Waals surface area (Å²) in [6.07, 6.45) is 0. The van der Waals surface area contributed by atoms with Crippen molar-refractivity contribution in [3.8, 4) is 0 Å². The number of carbonyl (C=O) groups excluding carboxylic acids is 1. The van der Waals surface area contributed by atoms with Crippen LogP contribution in [0.4, 0.5) is 26.2 Å². The van der Waals surface area contributed by atoms with E-state index in [0.29, 0.717) is 0 Å². The molecule has 0 saturated heterocycles. The monoisotopic (exact) mass is 336 g/mol. The highest BCUT2D eigenvalue weighted by Crippen LogP contribution is 2.47. The maximum absolute atomic E-state index is 13.9. The summed E-state index contributed by atoms with van der Waals surface area (Å²) in [5.74, 6) is -0.459. The fourth-order valence-corrected chi connectivity index (χ4v) is 3.72. The highest BCUT2D eigenvalue weighted by atomic mass is 32.2. The van der Waals surface area contributed by atoms with Gasteiger partial charge in [-0.1, -0.05) is 48.2 Å². The van der Waals surface area contributed by atoms with Gasteiger partial charge in [0.1, 0.15) is 5.82 Å². The van der Waals surface area contributed by atoms with Gasteiger partial charge in [0.05, 0.1) is 17.1 Å². The number of fused-ring (bicyclic) bond motifs is 2. The number of urea groups is 1. The molecule has 3 aromatic rings. The maximum Gasteiger partial charge on any atom is 0.331 e. The number of nitrogens with zero attached hydrogens (tertiary/aromatic N) is 1. The Labute approximate surface area is 143 Å². The molecule has 118 valence electrons. The van der Waals surface area contributed by atoms with Gasteiger partial charge < -0.3 is 5.32 Å². The van der Waals surface area contributed by atoms with Crippen molar-refractivity contribution in [3.05, 3.63) is 78.6 Å². The Bertz CT molecular complexity index is 883. The number of hydrogen-bond acceptors (Lipinski definition) is 2. The van der Waals surface area contributed by atoms with Gasteiger partial charge in [0, 0.05) is 9.79 Å². The summed E-state index contributed by atoms with van der Waals surface area (Å²) in [6.45, 7) is 0. The molecule has 0 radical (unpaired) electrons. The van der Waals surface area contributed by atoms with Crippen molar-refractivity contribution in [2.45, 2.75) is 9.79 Å². The van der Waals surface area contributed by atoms with E-state index in [1.165, 1.54) is 6.07 Å². The maximum atomic E-state index is 13.9. The molecule has 1 aliphatic rings. The molecular formula is C19H13FN2OS. The van der Waals surface area contributed by atoms with Crippen molar-refractivity contribution >= 4 is 34.9 Å². The molecule has 1 N–H and O–H groups in total. The lowest BCUT2D eigenvalue weighted by Crippen LogP contribution is -2.33. The molecular weight excluding hydrogens is 323 g/mol. The van der Waals surface area contributed by atoms with Gasteiger partial charge in [-0.15, -0.1) is 0 Å². The Balaban J connectivity index is 1.77. The lowest BCUT2D eigenvalue weighted by Gasteiger charge is -2.31. The van der Waals surface area contributed by atoms with Gasteiger partial charge in [-0.3, -0.25) is 4.90 Å². The van der Waals surface area contributed by atoms with Crippen LogP contribution in [0.5, 0.6) is 0 Å². The molecule has 3 nitrogen and oxygen atoms in total. The first-order valence-corrected chi connectivity index (χ1v) is 8.27. The minimum atomic E-state index is -0.459. The molecule has 0 atom stereocenters. The van der Waals surface area contributed by atoms with Crippen molar-refractivity contribution in [3.63, 3.8) is 0 Å². The van der Waals surface area contributed by atoms with E-state index in [-0.39, 0.29) is 11.7 Å². The van der Waals surface area contributed by atoms with Crippen molar-refractivity contribution in [2.24, 2.45) is 0 Å². The second kappa shape index (κ2) is 6.02. The minimum Gasteiger partial charge on any atom is -0.304 e. The number of halogens is 1. The van der Waals surface area contributed by atoms with E-state index >= 15 is 0 Å². The molecule has 0 fully saturated rings. The summed E-state index contributed by atoms with van der Waals surface area (Å²) in [5, 5.41) is 2.66. The standard InChI is InChI=1S/C19H13FN2OS/c20-13-7-1-2-8-14(13)21-19(23)22-15-9-3-5-11-17(15)24-18-12-6-4-10-16(18)22/h1-12H,(H,21,23). The average Bonchev–Trinajstić information content (AvgIpc) is 2.61. The second-order valence-electron chi connectivity index (χ2n) is 5.28. The predicted molar refractivity (Wildman–Crippen MR) is 94.6 cm³/mol. The SMILES string of the molecule is O=C(Nc1ccccc1F)N1c2ccccc2Sc2ccccc21. The van der Waals surface area contributed by atoms with Crippen LogP contribution in [0.15, 0.2) is 82.6 Å². The smallest absolute Gasteiger partial charge is 0.304 e. The van der Waals surface area contributed by atoms with E-state index in [1.54, 1.807) is 34.9 Å². The molecule has 3 aromatic carbocycles. The third-order valence-corrected chi connectivity index (χ3v) is 4.88. The minimum absolute atomic E-state index is 0.163. The molecule has 0 saturated carbocycles.